The minimum absolute atomic E-state index is 0.170. The number of hydrogen-bond donors (Lipinski definition) is 5. The van der Waals surface area contributed by atoms with Crippen LogP contribution in [0.5, 0.6) is 0 Å². The van der Waals surface area contributed by atoms with Gasteiger partial charge >= 0.3 is 5.97 Å². The normalized spacial score (nSPS) is 23.3. The summed E-state index contributed by atoms with van der Waals surface area (Å²) in [5, 5.41) is 21.8. The number of carboxylic acids is 1. The van der Waals surface area contributed by atoms with Crippen LogP contribution in [0.3, 0.4) is 0 Å². The number of guanidine groups is 1. The van der Waals surface area contributed by atoms with Crippen molar-refractivity contribution in [2.45, 2.75) is 32.4 Å². The van der Waals surface area contributed by atoms with Crippen LogP contribution in [0.15, 0.2) is 23.9 Å². The van der Waals surface area contributed by atoms with Crippen molar-refractivity contribution in [1.82, 2.24) is 20.5 Å². The van der Waals surface area contributed by atoms with Crippen LogP contribution >= 0.6 is 0 Å². The van der Waals surface area contributed by atoms with Crippen molar-refractivity contribution in [2.75, 3.05) is 13.1 Å². The molecule has 3 rings (SSSR count). The monoisotopic (exact) mass is 400 g/mol. The minimum Gasteiger partial charge on any atom is -0.480 e. The molecule has 2 aliphatic heterocycles. The molecule has 1 unspecified atom stereocenters. The maximum Gasteiger partial charge on any atom is 0.327 e. The zero-order chi connectivity index (χ0) is 21.3. The Morgan fingerprint density at radius 3 is 2.76 bits per heavy atom. The van der Waals surface area contributed by atoms with E-state index < -0.39 is 17.4 Å². The highest BCUT2D eigenvalue weighted by atomic mass is 16.4. The molecule has 154 valence electrons. The van der Waals surface area contributed by atoms with Crippen molar-refractivity contribution < 1.29 is 19.5 Å². The number of nitrogens with one attached hydrogen (secondary N) is 3. The lowest BCUT2D eigenvalue weighted by Gasteiger charge is -2.40. The smallest absolute Gasteiger partial charge is 0.327 e. The molecule has 2 fully saturated rings. The quantitative estimate of drug-likeness (QED) is 0.145. The number of rotatable bonds is 6. The Balaban J connectivity index is 1.71. The Kier molecular flexibility index (Phi) is 5.27. The Morgan fingerprint density at radius 1 is 1.41 bits per heavy atom. The second-order valence-corrected chi connectivity index (χ2v) is 7.83. The van der Waals surface area contributed by atoms with Crippen LogP contribution in [0.1, 0.15) is 36.3 Å². The fourth-order valence-electron chi connectivity index (χ4n) is 3.92. The molecule has 0 spiro atoms. The average molecular weight is 400 g/mol. The van der Waals surface area contributed by atoms with Gasteiger partial charge in [-0.3, -0.25) is 20.0 Å². The molecule has 10 nitrogen and oxygen atoms in total. The molecular weight excluding hydrogens is 376 g/mol. The van der Waals surface area contributed by atoms with Gasteiger partial charge in [0.2, 0.25) is 0 Å². The number of carbonyl (C=O) groups is 3. The van der Waals surface area contributed by atoms with Crippen LogP contribution in [0.4, 0.5) is 0 Å². The highest BCUT2D eigenvalue weighted by Gasteiger charge is 2.60. The molecule has 29 heavy (non-hydrogen) atoms. The minimum atomic E-state index is -0.999. The second kappa shape index (κ2) is 7.53. The SMILES string of the molecule is CC1(C)CC2/C(=C\c3cc(C(=O)NCCNC(=N)N)ccn3)C(=O)N2[C@H]1C(=O)O. The van der Waals surface area contributed by atoms with Crippen LogP contribution in [-0.2, 0) is 9.59 Å². The van der Waals surface area contributed by atoms with Gasteiger partial charge in [-0.1, -0.05) is 13.8 Å². The van der Waals surface area contributed by atoms with E-state index in [1.54, 1.807) is 18.2 Å². The third-order valence-corrected chi connectivity index (χ3v) is 5.22. The number of aliphatic carboxylic acids is 1. The average Bonchev–Trinajstić information content (AvgIpc) is 2.91. The van der Waals surface area contributed by atoms with E-state index in [9.17, 15) is 19.5 Å². The standard InChI is InChI=1S/C19H24N6O4/c1-19(2)9-13-12(16(27)25(13)14(19)17(28)29)8-11-7-10(3-4-22-11)15(26)23-5-6-24-18(20)21/h3-4,7-8,13-14H,5-6,9H2,1-2H3,(H,23,26)(H,28,29)(H4,20,21,24)/b12-8+/t13?,14-/m0/s1. The van der Waals surface area contributed by atoms with Gasteiger partial charge in [0.05, 0.1) is 11.7 Å². The lowest BCUT2D eigenvalue weighted by molar-refractivity contribution is -0.154. The summed E-state index contributed by atoms with van der Waals surface area (Å²) in [5.41, 5.74) is 6.01. The first-order chi connectivity index (χ1) is 13.6. The molecule has 0 saturated carbocycles. The Bertz CT molecular complexity index is 910. The fraction of sp³-hybridized carbons (Fsp3) is 0.421. The van der Waals surface area contributed by atoms with Crippen molar-refractivity contribution >= 4 is 29.8 Å². The van der Waals surface area contributed by atoms with Gasteiger partial charge in [0.15, 0.2) is 5.96 Å². The lowest BCUT2D eigenvalue weighted by atomic mass is 9.83. The van der Waals surface area contributed by atoms with E-state index >= 15 is 0 Å². The highest BCUT2D eigenvalue weighted by molar-refractivity contribution is 6.08. The number of carbonyl (C=O) groups excluding carboxylic acids is 2. The molecule has 3 heterocycles. The maximum atomic E-state index is 12.6. The number of amides is 2. The van der Waals surface area contributed by atoms with E-state index in [-0.39, 0.29) is 23.8 Å². The summed E-state index contributed by atoms with van der Waals surface area (Å²) in [6.45, 7) is 4.31. The molecule has 0 bridgehead atoms. The lowest BCUT2D eigenvalue weighted by Crippen LogP contribution is -2.57. The highest BCUT2D eigenvalue weighted by Crippen LogP contribution is 2.49. The zero-order valence-electron chi connectivity index (χ0n) is 16.2. The molecule has 0 aliphatic carbocycles. The van der Waals surface area contributed by atoms with Crippen LogP contribution in [0.25, 0.3) is 6.08 Å². The summed E-state index contributed by atoms with van der Waals surface area (Å²) in [7, 11) is 0. The van der Waals surface area contributed by atoms with E-state index in [0.717, 1.165) is 0 Å². The first kappa shape index (κ1) is 20.3. The van der Waals surface area contributed by atoms with Gasteiger partial charge in [0.25, 0.3) is 11.8 Å². The number of fused-ring (bicyclic) bond motifs is 1. The van der Waals surface area contributed by atoms with Crippen molar-refractivity contribution in [3.8, 4) is 0 Å². The summed E-state index contributed by atoms with van der Waals surface area (Å²) >= 11 is 0. The van der Waals surface area contributed by atoms with E-state index in [1.807, 2.05) is 13.8 Å². The Hall–Kier alpha value is -3.43. The van der Waals surface area contributed by atoms with Crippen molar-refractivity contribution in [3.05, 3.63) is 35.2 Å². The van der Waals surface area contributed by atoms with Crippen LogP contribution in [0.2, 0.25) is 0 Å². The molecule has 2 aliphatic rings. The summed E-state index contributed by atoms with van der Waals surface area (Å²) in [5.74, 6) is -1.79. The summed E-state index contributed by atoms with van der Waals surface area (Å²) in [4.78, 5) is 42.0. The molecule has 0 aromatic carbocycles. The van der Waals surface area contributed by atoms with Crippen molar-refractivity contribution in [1.29, 1.82) is 5.41 Å². The third kappa shape index (κ3) is 3.91. The van der Waals surface area contributed by atoms with Crippen molar-refractivity contribution in [3.63, 3.8) is 0 Å². The topological polar surface area (TPSA) is 162 Å². The van der Waals surface area contributed by atoms with Gasteiger partial charge in [-0.15, -0.1) is 0 Å². The molecule has 1 aromatic rings. The molecular formula is C19H24N6O4. The van der Waals surface area contributed by atoms with Gasteiger partial charge < -0.3 is 26.4 Å². The number of hydrogen-bond acceptors (Lipinski definition) is 5. The first-order valence-corrected chi connectivity index (χ1v) is 9.21. The van der Waals surface area contributed by atoms with E-state index in [0.29, 0.717) is 36.3 Å². The Labute approximate surface area is 167 Å². The van der Waals surface area contributed by atoms with Crippen molar-refractivity contribution in [2.24, 2.45) is 11.1 Å². The number of carboxylic acid groups (broad SMARTS) is 1. The van der Waals surface area contributed by atoms with Gasteiger partial charge in [0, 0.05) is 30.4 Å². The van der Waals surface area contributed by atoms with Crippen LogP contribution in [0, 0.1) is 10.8 Å². The van der Waals surface area contributed by atoms with Gasteiger partial charge in [-0.05, 0) is 30.0 Å². The predicted molar refractivity (Wildman–Crippen MR) is 105 cm³/mol. The van der Waals surface area contributed by atoms with Gasteiger partial charge in [-0.2, -0.15) is 0 Å². The summed E-state index contributed by atoms with van der Waals surface area (Å²) in [6.07, 6.45) is 3.66. The van der Waals surface area contributed by atoms with Crippen LogP contribution in [-0.4, -0.2) is 63.9 Å². The number of pyridine rings is 1. The zero-order valence-corrected chi connectivity index (χ0v) is 16.2. The van der Waals surface area contributed by atoms with Gasteiger partial charge in [-0.25, -0.2) is 4.79 Å². The van der Waals surface area contributed by atoms with E-state index in [1.165, 1.54) is 11.1 Å². The number of nitrogens with zero attached hydrogens (tertiary/aromatic N) is 2. The Morgan fingerprint density at radius 2 is 2.10 bits per heavy atom. The van der Waals surface area contributed by atoms with Gasteiger partial charge in [0.1, 0.15) is 6.04 Å². The number of nitrogens with two attached hydrogens (primary N) is 1. The molecule has 2 saturated heterocycles. The first-order valence-electron chi connectivity index (χ1n) is 9.21. The van der Waals surface area contributed by atoms with Crippen LogP contribution < -0.4 is 16.4 Å². The van der Waals surface area contributed by atoms with E-state index in [4.69, 9.17) is 11.1 Å². The summed E-state index contributed by atoms with van der Waals surface area (Å²) in [6, 6.07) is 2.04. The van der Waals surface area contributed by atoms with E-state index in [2.05, 4.69) is 15.6 Å². The summed E-state index contributed by atoms with van der Waals surface area (Å²) < 4.78 is 0. The number of β-lactam (4-membered cyclic amide) rings is 1. The maximum absolute atomic E-state index is 12.6. The molecule has 10 heteroatoms. The second-order valence-electron chi connectivity index (χ2n) is 7.83. The predicted octanol–water partition coefficient (Wildman–Crippen LogP) is -0.228. The fourth-order valence-corrected chi connectivity index (χ4v) is 3.92. The molecule has 2 amide bonds. The largest absolute Gasteiger partial charge is 0.480 e. The molecule has 0 radical (unpaired) electrons. The third-order valence-electron chi connectivity index (χ3n) is 5.22. The number of aromatic nitrogens is 1. The molecule has 2 atom stereocenters. The molecule has 6 N–H and O–H groups in total. The molecule has 1 aromatic heterocycles.